The zero-order valence-corrected chi connectivity index (χ0v) is 13.4. The Balaban J connectivity index is 2.00. The molecule has 116 valence electrons. The molecule has 1 aliphatic heterocycles. The number of benzene rings is 2. The number of hydrogen-bond acceptors (Lipinski definition) is 3. The second kappa shape index (κ2) is 6.38. The molecule has 0 radical (unpaired) electrons. The van der Waals surface area contributed by atoms with E-state index in [-0.39, 0.29) is 10.9 Å². The Morgan fingerprint density at radius 2 is 1.86 bits per heavy atom. The van der Waals surface area contributed by atoms with Crippen molar-refractivity contribution in [3.8, 4) is 0 Å². The molecule has 4 nitrogen and oxygen atoms in total. The van der Waals surface area contributed by atoms with Crippen LogP contribution in [0.2, 0.25) is 5.02 Å². The molecule has 0 aromatic heterocycles. The molecule has 2 aromatic carbocycles. The summed E-state index contributed by atoms with van der Waals surface area (Å²) in [4.78, 5) is 0.211. The van der Waals surface area contributed by atoms with E-state index in [0.29, 0.717) is 24.8 Å². The summed E-state index contributed by atoms with van der Waals surface area (Å²) in [5, 5.41) is 0.408. The molecular formula is C16H16ClNO3S. The van der Waals surface area contributed by atoms with Crippen LogP contribution < -0.4 is 0 Å². The Hall–Kier alpha value is -1.40. The monoisotopic (exact) mass is 337 g/mol. The Labute approximate surface area is 135 Å². The lowest BCUT2D eigenvalue weighted by Gasteiger charge is -2.34. The average molecular weight is 338 g/mol. The third-order valence-electron chi connectivity index (χ3n) is 3.67. The van der Waals surface area contributed by atoms with Crippen LogP contribution in [0.15, 0.2) is 59.5 Å². The molecule has 1 saturated heterocycles. The van der Waals surface area contributed by atoms with Gasteiger partial charge >= 0.3 is 0 Å². The van der Waals surface area contributed by atoms with E-state index in [4.69, 9.17) is 16.3 Å². The molecule has 2 aromatic rings. The van der Waals surface area contributed by atoms with Crippen LogP contribution in [0, 0.1) is 0 Å². The third-order valence-corrected chi connectivity index (χ3v) is 5.81. The summed E-state index contributed by atoms with van der Waals surface area (Å²) in [7, 11) is -3.61. The molecule has 0 bridgehead atoms. The first-order chi connectivity index (χ1) is 10.6. The Morgan fingerprint density at radius 3 is 2.59 bits per heavy atom. The first-order valence-electron chi connectivity index (χ1n) is 6.99. The number of ether oxygens (including phenoxy) is 1. The minimum absolute atomic E-state index is 0.211. The van der Waals surface area contributed by atoms with Gasteiger partial charge in [0.1, 0.15) is 0 Å². The minimum Gasteiger partial charge on any atom is -0.378 e. The van der Waals surface area contributed by atoms with Crippen molar-refractivity contribution in [3.05, 3.63) is 65.2 Å². The number of nitrogens with zero attached hydrogens (tertiary/aromatic N) is 1. The lowest BCUT2D eigenvalue weighted by atomic mass is 10.1. The fourth-order valence-corrected chi connectivity index (χ4v) is 4.46. The van der Waals surface area contributed by atoms with Gasteiger partial charge in [-0.15, -0.1) is 0 Å². The molecule has 1 unspecified atom stereocenters. The van der Waals surface area contributed by atoms with Crippen LogP contribution in [0.3, 0.4) is 0 Å². The van der Waals surface area contributed by atoms with Crippen LogP contribution in [0.4, 0.5) is 0 Å². The van der Waals surface area contributed by atoms with Crippen LogP contribution in [0.5, 0.6) is 0 Å². The quantitative estimate of drug-likeness (QED) is 0.864. The maximum Gasteiger partial charge on any atom is 0.243 e. The van der Waals surface area contributed by atoms with Gasteiger partial charge in [-0.25, -0.2) is 8.42 Å². The maximum absolute atomic E-state index is 12.9. The highest BCUT2D eigenvalue weighted by molar-refractivity contribution is 7.89. The van der Waals surface area contributed by atoms with E-state index in [1.807, 2.05) is 30.3 Å². The van der Waals surface area contributed by atoms with Crippen LogP contribution in [-0.2, 0) is 14.8 Å². The van der Waals surface area contributed by atoms with E-state index in [1.54, 1.807) is 18.2 Å². The zero-order valence-electron chi connectivity index (χ0n) is 11.9. The molecule has 1 fully saturated rings. The first-order valence-corrected chi connectivity index (χ1v) is 8.81. The van der Waals surface area contributed by atoms with Crippen molar-refractivity contribution in [1.29, 1.82) is 0 Å². The molecule has 0 amide bonds. The van der Waals surface area contributed by atoms with Crippen molar-refractivity contribution in [2.75, 3.05) is 19.8 Å². The van der Waals surface area contributed by atoms with Crippen LogP contribution in [0.1, 0.15) is 11.6 Å². The second-order valence-electron chi connectivity index (χ2n) is 5.07. The fourth-order valence-electron chi connectivity index (χ4n) is 2.58. The standard InChI is InChI=1S/C16H16ClNO3S/c17-14-7-4-8-15(11-14)22(19,20)18-9-10-21-12-16(18)13-5-2-1-3-6-13/h1-8,11,16H,9-10,12H2. The number of rotatable bonds is 3. The van der Waals surface area contributed by atoms with Gasteiger partial charge in [0.15, 0.2) is 0 Å². The van der Waals surface area contributed by atoms with E-state index in [2.05, 4.69) is 0 Å². The summed E-state index contributed by atoms with van der Waals surface area (Å²) in [6.07, 6.45) is 0. The molecule has 0 spiro atoms. The average Bonchev–Trinajstić information content (AvgIpc) is 2.56. The number of halogens is 1. The van der Waals surface area contributed by atoms with Crippen LogP contribution >= 0.6 is 11.6 Å². The summed E-state index contributed by atoms with van der Waals surface area (Å²) >= 11 is 5.94. The van der Waals surface area contributed by atoms with Gasteiger partial charge in [-0.1, -0.05) is 48.0 Å². The van der Waals surface area contributed by atoms with Gasteiger partial charge in [0.05, 0.1) is 24.2 Å². The zero-order chi connectivity index (χ0) is 15.6. The van der Waals surface area contributed by atoms with Gasteiger partial charge in [0.2, 0.25) is 10.0 Å². The highest BCUT2D eigenvalue weighted by atomic mass is 35.5. The van der Waals surface area contributed by atoms with Crippen molar-refractivity contribution in [1.82, 2.24) is 4.31 Å². The van der Waals surface area contributed by atoms with E-state index in [0.717, 1.165) is 5.56 Å². The van der Waals surface area contributed by atoms with Crippen molar-refractivity contribution >= 4 is 21.6 Å². The van der Waals surface area contributed by atoms with Gasteiger partial charge in [-0.3, -0.25) is 0 Å². The molecule has 0 saturated carbocycles. The summed E-state index contributed by atoms with van der Waals surface area (Å²) in [6.45, 7) is 1.07. The summed E-state index contributed by atoms with van der Waals surface area (Å²) in [5.74, 6) is 0. The van der Waals surface area contributed by atoms with Crippen molar-refractivity contribution in [2.24, 2.45) is 0 Å². The molecular weight excluding hydrogens is 322 g/mol. The Morgan fingerprint density at radius 1 is 1.09 bits per heavy atom. The lowest BCUT2D eigenvalue weighted by molar-refractivity contribution is 0.0321. The van der Waals surface area contributed by atoms with Crippen LogP contribution in [-0.4, -0.2) is 32.5 Å². The number of sulfonamides is 1. The van der Waals surface area contributed by atoms with Gasteiger partial charge in [0.25, 0.3) is 0 Å². The molecule has 1 atom stereocenters. The minimum atomic E-state index is -3.61. The summed E-state index contributed by atoms with van der Waals surface area (Å²) in [5.41, 5.74) is 0.924. The van der Waals surface area contributed by atoms with E-state index in [1.165, 1.54) is 10.4 Å². The summed E-state index contributed by atoms with van der Waals surface area (Å²) in [6, 6.07) is 15.6. The molecule has 0 aliphatic carbocycles. The lowest BCUT2D eigenvalue weighted by Crippen LogP contribution is -2.43. The molecule has 0 N–H and O–H groups in total. The van der Waals surface area contributed by atoms with E-state index >= 15 is 0 Å². The number of hydrogen-bond donors (Lipinski definition) is 0. The van der Waals surface area contributed by atoms with Gasteiger partial charge in [-0.2, -0.15) is 4.31 Å². The van der Waals surface area contributed by atoms with Crippen molar-refractivity contribution in [3.63, 3.8) is 0 Å². The Bertz CT molecular complexity index is 749. The maximum atomic E-state index is 12.9. The molecule has 22 heavy (non-hydrogen) atoms. The summed E-state index contributed by atoms with van der Waals surface area (Å²) < 4.78 is 32.9. The van der Waals surface area contributed by atoms with Crippen LogP contribution in [0.25, 0.3) is 0 Å². The fraction of sp³-hybridized carbons (Fsp3) is 0.250. The van der Waals surface area contributed by atoms with E-state index < -0.39 is 10.0 Å². The van der Waals surface area contributed by atoms with Gasteiger partial charge < -0.3 is 4.74 Å². The highest BCUT2D eigenvalue weighted by Crippen LogP contribution is 2.30. The van der Waals surface area contributed by atoms with E-state index in [9.17, 15) is 8.42 Å². The normalized spacial score (nSPS) is 20.0. The van der Waals surface area contributed by atoms with Gasteiger partial charge in [0, 0.05) is 11.6 Å². The smallest absolute Gasteiger partial charge is 0.243 e. The first kappa shape index (κ1) is 15.5. The highest BCUT2D eigenvalue weighted by Gasteiger charge is 2.34. The second-order valence-corrected chi connectivity index (χ2v) is 7.40. The molecule has 1 aliphatic rings. The Kier molecular flexibility index (Phi) is 4.49. The topological polar surface area (TPSA) is 46.6 Å². The molecule has 3 rings (SSSR count). The van der Waals surface area contributed by atoms with Crippen molar-refractivity contribution < 1.29 is 13.2 Å². The molecule has 1 heterocycles. The molecule has 6 heteroatoms. The van der Waals surface area contributed by atoms with Gasteiger partial charge in [-0.05, 0) is 23.8 Å². The SMILES string of the molecule is O=S(=O)(c1cccc(Cl)c1)N1CCOCC1c1ccccc1. The predicted molar refractivity (Wildman–Crippen MR) is 85.3 cm³/mol. The predicted octanol–water partition coefficient (Wildman–Crippen LogP) is 3.10. The van der Waals surface area contributed by atoms with Crippen molar-refractivity contribution in [2.45, 2.75) is 10.9 Å². The largest absolute Gasteiger partial charge is 0.378 e. The third kappa shape index (κ3) is 3.03. The number of morpholine rings is 1.